The topological polar surface area (TPSA) is 17.1 Å². The van der Waals surface area contributed by atoms with Crippen LogP contribution < -0.4 is 0 Å². The molecule has 0 aromatic carbocycles. The lowest BCUT2D eigenvalue weighted by atomic mass is 9.98. The lowest BCUT2D eigenvalue weighted by Gasteiger charge is -2.08. The Bertz CT molecular complexity index is 458. The number of ketones is 1. The molecule has 96 valence electrons. The largest absolute Gasteiger partial charge is 0.288 e. The average Bonchev–Trinajstić information content (AvgIpc) is 2.64. The van der Waals surface area contributed by atoms with Gasteiger partial charge >= 0.3 is 0 Å². The highest BCUT2D eigenvalue weighted by molar-refractivity contribution is 7.14. The number of hydrogen-bond acceptors (Lipinski definition) is 2. The zero-order valence-electron chi connectivity index (χ0n) is 10.8. The number of hydrogen-bond donors (Lipinski definition) is 0. The van der Waals surface area contributed by atoms with Crippen LogP contribution in [0.2, 0.25) is 0 Å². The predicted molar refractivity (Wildman–Crippen MR) is 76.5 cm³/mol. The Hall–Kier alpha value is -0.890. The van der Waals surface area contributed by atoms with Crippen molar-refractivity contribution in [2.75, 3.05) is 0 Å². The maximum atomic E-state index is 12.5. The van der Waals surface area contributed by atoms with Crippen LogP contribution in [0.5, 0.6) is 0 Å². The van der Waals surface area contributed by atoms with Gasteiger partial charge in [-0.3, -0.25) is 4.79 Å². The summed E-state index contributed by atoms with van der Waals surface area (Å²) >= 11 is 1.75. The van der Waals surface area contributed by atoms with Crippen LogP contribution in [0.3, 0.4) is 0 Å². The van der Waals surface area contributed by atoms with E-state index in [0.29, 0.717) is 5.78 Å². The summed E-state index contributed by atoms with van der Waals surface area (Å²) in [5.41, 5.74) is 2.52. The molecule has 0 unspecified atom stereocenters. The Labute approximate surface area is 113 Å². The number of aryl methyl sites for hydroxylation is 2. The first-order valence-corrected chi connectivity index (χ1v) is 8.01. The summed E-state index contributed by atoms with van der Waals surface area (Å²) in [7, 11) is 0. The van der Waals surface area contributed by atoms with Crippen LogP contribution in [0.25, 0.3) is 0 Å². The van der Waals surface area contributed by atoms with Crippen LogP contribution in [0.4, 0.5) is 0 Å². The van der Waals surface area contributed by atoms with Gasteiger partial charge in [-0.2, -0.15) is 0 Å². The Morgan fingerprint density at radius 1 is 1.00 bits per heavy atom. The molecule has 0 saturated heterocycles. The van der Waals surface area contributed by atoms with Crippen LogP contribution in [0, 0.1) is 0 Å². The van der Waals surface area contributed by atoms with E-state index in [1.807, 2.05) is 0 Å². The van der Waals surface area contributed by atoms with Crippen LogP contribution in [0.1, 0.15) is 65.1 Å². The molecule has 2 heteroatoms. The van der Waals surface area contributed by atoms with Gasteiger partial charge in [0.1, 0.15) is 0 Å². The molecule has 18 heavy (non-hydrogen) atoms. The third-order valence-electron chi connectivity index (χ3n) is 4.05. The van der Waals surface area contributed by atoms with E-state index in [2.05, 4.69) is 12.1 Å². The van der Waals surface area contributed by atoms with E-state index in [4.69, 9.17) is 0 Å². The second kappa shape index (κ2) is 5.40. The van der Waals surface area contributed by atoms with E-state index < -0.39 is 0 Å². The number of carbonyl (C=O) groups excluding carboxylic acids is 1. The molecule has 1 nitrogen and oxygen atoms in total. The van der Waals surface area contributed by atoms with Gasteiger partial charge in [0.05, 0.1) is 4.88 Å². The smallest absolute Gasteiger partial charge is 0.198 e. The molecule has 0 amide bonds. The number of fused-ring (bicyclic) bond motifs is 1. The van der Waals surface area contributed by atoms with Crippen molar-refractivity contribution >= 4 is 17.1 Å². The minimum absolute atomic E-state index is 0.316. The Kier molecular flexibility index (Phi) is 3.64. The van der Waals surface area contributed by atoms with Gasteiger partial charge in [0, 0.05) is 4.88 Å². The molecule has 0 saturated carbocycles. The maximum Gasteiger partial charge on any atom is 0.198 e. The Balaban J connectivity index is 1.83. The number of Topliss-reactive ketones (excluding diaryl/α,β-unsaturated/α-hetero) is 1. The predicted octanol–water partition coefficient (Wildman–Crippen LogP) is 4.70. The molecular weight excluding hydrogens is 240 g/mol. The highest BCUT2D eigenvalue weighted by Crippen LogP contribution is 2.32. The fourth-order valence-electron chi connectivity index (χ4n) is 2.98. The van der Waals surface area contributed by atoms with Crippen LogP contribution in [-0.2, 0) is 12.8 Å². The molecule has 2 aliphatic carbocycles. The molecule has 1 aromatic heterocycles. The lowest BCUT2D eigenvalue weighted by molar-refractivity contribution is 0.103. The zero-order valence-corrected chi connectivity index (χ0v) is 11.7. The van der Waals surface area contributed by atoms with Crippen molar-refractivity contribution in [2.24, 2.45) is 0 Å². The zero-order chi connectivity index (χ0) is 12.4. The Morgan fingerprint density at radius 3 is 2.72 bits per heavy atom. The minimum Gasteiger partial charge on any atom is -0.288 e. The molecule has 0 radical (unpaired) electrons. The average molecular weight is 260 g/mol. The lowest BCUT2D eigenvalue weighted by Crippen LogP contribution is -2.00. The SMILES string of the molecule is O=C(C1=CCCCCC1)c1cc2c(s1)CCCC2. The third kappa shape index (κ3) is 2.44. The summed E-state index contributed by atoms with van der Waals surface area (Å²) < 4.78 is 0. The van der Waals surface area contributed by atoms with Crippen LogP contribution in [0.15, 0.2) is 17.7 Å². The van der Waals surface area contributed by atoms with Crippen LogP contribution in [-0.4, -0.2) is 5.78 Å². The van der Waals surface area contributed by atoms with E-state index >= 15 is 0 Å². The van der Waals surface area contributed by atoms with E-state index in [1.54, 1.807) is 11.3 Å². The highest BCUT2D eigenvalue weighted by atomic mass is 32.1. The molecule has 0 fully saturated rings. The third-order valence-corrected chi connectivity index (χ3v) is 5.29. The summed E-state index contributed by atoms with van der Waals surface area (Å²) in [6, 6.07) is 2.17. The molecule has 0 N–H and O–H groups in total. The van der Waals surface area contributed by atoms with Crippen molar-refractivity contribution in [1.82, 2.24) is 0 Å². The highest BCUT2D eigenvalue weighted by Gasteiger charge is 2.20. The molecule has 0 spiro atoms. The van der Waals surface area contributed by atoms with E-state index in [-0.39, 0.29) is 0 Å². The van der Waals surface area contributed by atoms with Crippen molar-refractivity contribution in [1.29, 1.82) is 0 Å². The second-order valence-electron chi connectivity index (χ2n) is 5.42. The van der Waals surface area contributed by atoms with Crippen molar-refractivity contribution in [3.05, 3.63) is 33.0 Å². The van der Waals surface area contributed by atoms with E-state index in [9.17, 15) is 4.79 Å². The van der Waals surface area contributed by atoms with Crippen molar-refractivity contribution in [3.63, 3.8) is 0 Å². The maximum absolute atomic E-state index is 12.5. The molecular formula is C16H20OS. The van der Waals surface area contributed by atoms with Gasteiger partial charge in [-0.05, 0) is 68.6 Å². The van der Waals surface area contributed by atoms with E-state index in [1.165, 1.54) is 55.4 Å². The first-order chi connectivity index (χ1) is 8.84. The fraction of sp³-hybridized carbons (Fsp3) is 0.562. The second-order valence-corrected chi connectivity index (χ2v) is 6.56. The number of thiophene rings is 1. The van der Waals surface area contributed by atoms with Gasteiger partial charge in [-0.15, -0.1) is 11.3 Å². The number of carbonyl (C=O) groups is 1. The number of rotatable bonds is 2. The van der Waals surface area contributed by atoms with Gasteiger partial charge in [0.2, 0.25) is 0 Å². The van der Waals surface area contributed by atoms with Crippen LogP contribution >= 0.6 is 11.3 Å². The van der Waals surface area contributed by atoms with Crippen molar-refractivity contribution in [2.45, 2.75) is 57.8 Å². The standard InChI is InChI=1S/C16H20OS/c17-16(12-7-3-1-2-4-8-12)15-11-13-9-5-6-10-14(13)18-15/h7,11H,1-6,8-10H2. The minimum atomic E-state index is 0.316. The monoisotopic (exact) mass is 260 g/mol. The van der Waals surface area contributed by atoms with Gasteiger partial charge in [-0.25, -0.2) is 0 Å². The summed E-state index contributed by atoms with van der Waals surface area (Å²) in [6.07, 6.45) is 12.9. The van der Waals surface area contributed by atoms with Gasteiger partial charge < -0.3 is 0 Å². The van der Waals surface area contributed by atoms with Gasteiger partial charge in [0.15, 0.2) is 5.78 Å². The first-order valence-electron chi connectivity index (χ1n) is 7.20. The molecule has 3 rings (SSSR count). The molecule has 0 bridgehead atoms. The normalized spacial score (nSPS) is 19.9. The summed E-state index contributed by atoms with van der Waals surface area (Å²) in [4.78, 5) is 15.0. The summed E-state index contributed by atoms with van der Waals surface area (Å²) in [5, 5.41) is 0. The first kappa shape index (κ1) is 12.2. The molecule has 0 aliphatic heterocycles. The van der Waals surface area contributed by atoms with E-state index in [0.717, 1.165) is 23.3 Å². The van der Waals surface area contributed by atoms with Crippen molar-refractivity contribution < 1.29 is 4.79 Å². The molecule has 2 aliphatic rings. The number of allylic oxidation sites excluding steroid dienone is 2. The Morgan fingerprint density at radius 2 is 1.83 bits per heavy atom. The van der Waals surface area contributed by atoms with Crippen molar-refractivity contribution in [3.8, 4) is 0 Å². The van der Waals surface area contributed by atoms with Gasteiger partial charge in [-0.1, -0.05) is 12.5 Å². The molecule has 0 atom stereocenters. The molecule has 1 aromatic rings. The quantitative estimate of drug-likeness (QED) is 0.704. The molecule has 1 heterocycles. The van der Waals surface area contributed by atoms with Gasteiger partial charge in [0.25, 0.3) is 0 Å². The summed E-state index contributed by atoms with van der Waals surface area (Å²) in [6.45, 7) is 0. The fourth-order valence-corrected chi connectivity index (χ4v) is 4.21. The summed E-state index contributed by atoms with van der Waals surface area (Å²) in [5.74, 6) is 0.316.